The van der Waals surface area contributed by atoms with E-state index >= 15 is 0 Å². The fourth-order valence-corrected chi connectivity index (χ4v) is 3.16. The van der Waals surface area contributed by atoms with Gasteiger partial charge in [0, 0.05) is 12.5 Å². The highest BCUT2D eigenvalue weighted by Gasteiger charge is 2.30. The van der Waals surface area contributed by atoms with Crippen molar-refractivity contribution in [2.24, 2.45) is 5.92 Å². The molecule has 1 heterocycles. The second kappa shape index (κ2) is 8.01. The van der Waals surface area contributed by atoms with Crippen LogP contribution in [0.4, 0.5) is 0 Å². The van der Waals surface area contributed by atoms with E-state index in [-0.39, 0.29) is 11.9 Å². The van der Waals surface area contributed by atoms with E-state index in [0.717, 1.165) is 38.5 Å². The van der Waals surface area contributed by atoms with E-state index in [1.54, 1.807) is 6.07 Å². The highest BCUT2D eigenvalue weighted by atomic mass is 16.4. The molecule has 5 nitrogen and oxygen atoms in total. The first kappa shape index (κ1) is 16.6. The van der Waals surface area contributed by atoms with Crippen LogP contribution < -0.4 is 5.32 Å². The summed E-state index contributed by atoms with van der Waals surface area (Å²) in [4.78, 5) is 24.0. The van der Waals surface area contributed by atoms with Crippen molar-refractivity contribution in [3.8, 4) is 0 Å². The van der Waals surface area contributed by atoms with Crippen LogP contribution in [-0.4, -0.2) is 23.0 Å². The maximum Gasteiger partial charge on any atom is 0.308 e. The molecule has 1 aromatic heterocycles. The van der Waals surface area contributed by atoms with Gasteiger partial charge in [-0.3, -0.25) is 9.59 Å². The molecule has 122 valence electrons. The lowest BCUT2D eigenvalue weighted by molar-refractivity contribution is -0.143. The fourth-order valence-electron chi connectivity index (χ4n) is 3.16. The zero-order valence-corrected chi connectivity index (χ0v) is 13.1. The predicted molar refractivity (Wildman–Crippen MR) is 82.8 cm³/mol. The molecule has 1 aliphatic rings. The van der Waals surface area contributed by atoms with Crippen molar-refractivity contribution in [3.63, 3.8) is 0 Å². The minimum Gasteiger partial charge on any atom is -0.481 e. The molecule has 2 N–H and O–H groups in total. The topological polar surface area (TPSA) is 79.5 Å². The summed E-state index contributed by atoms with van der Waals surface area (Å²) in [6.45, 7) is 2.03. The van der Waals surface area contributed by atoms with Crippen LogP contribution in [0.2, 0.25) is 0 Å². The Hall–Kier alpha value is -1.78. The second-order valence-corrected chi connectivity index (χ2v) is 6.02. The number of carbonyl (C=O) groups is 2. The van der Waals surface area contributed by atoms with Crippen molar-refractivity contribution in [2.45, 2.75) is 64.3 Å². The zero-order chi connectivity index (χ0) is 15.9. The van der Waals surface area contributed by atoms with Gasteiger partial charge < -0.3 is 14.8 Å². The summed E-state index contributed by atoms with van der Waals surface area (Å²) in [5.74, 6) is -0.842. The molecule has 22 heavy (non-hydrogen) atoms. The van der Waals surface area contributed by atoms with Crippen molar-refractivity contribution >= 4 is 11.9 Å². The van der Waals surface area contributed by atoms with Crippen molar-refractivity contribution in [1.82, 2.24) is 5.32 Å². The van der Waals surface area contributed by atoms with Crippen LogP contribution in [-0.2, 0) is 11.2 Å². The molecule has 0 aromatic carbocycles. The van der Waals surface area contributed by atoms with Gasteiger partial charge in [0.1, 0.15) is 5.76 Å². The van der Waals surface area contributed by atoms with Crippen LogP contribution >= 0.6 is 0 Å². The Morgan fingerprint density at radius 1 is 1.27 bits per heavy atom. The summed E-state index contributed by atoms with van der Waals surface area (Å²) in [6, 6.07) is 1.37. The third kappa shape index (κ3) is 4.12. The van der Waals surface area contributed by atoms with Crippen LogP contribution in [0.15, 0.2) is 16.7 Å². The van der Waals surface area contributed by atoms with Crippen molar-refractivity contribution < 1.29 is 19.1 Å². The molecule has 0 bridgehead atoms. The zero-order valence-electron chi connectivity index (χ0n) is 13.1. The van der Waals surface area contributed by atoms with Gasteiger partial charge in [0.15, 0.2) is 0 Å². The predicted octanol–water partition coefficient (Wildman–Crippen LogP) is 3.39. The Kier molecular flexibility index (Phi) is 6.04. The number of amides is 1. The van der Waals surface area contributed by atoms with E-state index in [1.165, 1.54) is 6.26 Å². The van der Waals surface area contributed by atoms with Crippen molar-refractivity contribution in [3.05, 3.63) is 23.7 Å². The number of hydrogen-bond donors (Lipinski definition) is 2. The van der Waals surface area contributed by atoms with Gasteiger partial charge in [0.25, 0.3) is 5.91 Å². The number of hydrogen-bond acceptors (Lipinski definition) is 3. The molecular formula is C17H25NO4. The van der Waals surface area contributed by atoms with Crippen LogP contribution in [0.1, 0.15) is 68.0 Å². The van der Waals surface area contributed by atoms with E-state index in [4.69, 9.17) is 4.42 Å². The first-order valence-electron chi connectivity index (χ1n) is 8.23. The Morgan fingerprint density at radius 3 is 2.68 bits per heavy atom. The first-order valence-corrected chi connectivity index (χ1v) is 8.23. The van der Waals surface area contributed by atoms with E-state index in [1.807, 2.05) is 6.92 Å². The molecular weight excluding hydrogens is 282 g/mol. The van der Waals surface area contributed by atoms with Gasteiger partial charge in [0.2, 0.25) is 0 Å². The number of carbonyl (C=O) groups excluding carboxylic acids is 1. The molecule has 0 aliphatic heterocycles. The molecule has 1 aromatic rings. The number of carboxylic acid groups (broad SMARTS) is 1. The fraction of sp³-hybridized carbons (Fsp3) is 0.647. The molecule has 1 amide bonds. The summed E-state index contributed by atoms with van der Waals surface area (Å²) in [5.41, 5.74) is 0.535. The smallest absolute Gasteiger partial charge is 0.308 e. The van der Waals surface area contributed by atoms with E-state index in [9.17, 15) is 14.7 Å². The number of rotatable bonds is 5. The summed E-state index contributed by atoms with van der Waals surface area (Å²) in [7, 11) is 0. The standard InChI is InChI=1S/C17H25NO4/c1-2-7-15-13(10-11-22-15)16(19)18-14-9-6-4-3-5-8-12(14)17(20)21/h10-12,14H,2-9H2,1H3,(H,18,19)(H,20,21). The minimum atomic E-state index is -0.812. The van der Waals surface area contributed by atoms with E-state index < -0.39 is 11.9 Å². The average molecular weight is 307 g/mol. The molecule has 0 spiro atoms. The molecule has 2 unspecified atom stereocenters. The first-order chi connectivity index (χ1) is 10.6. The highest BCUT2D eigenvalue weighted by Crippen LogP contribution is 2.24. The Labute approximate surface area is 131 Å². The van der Waals surface area contributed by atoms with Crippen LogP contribution in [0.3, 0.4) is 0 Å². The van der Waals surface area contributed by atoms with E-state index in [0.29, 0.717) is 24.2 Å². The normalized spacial score (nSPS) is 22.6. The lowest BCUT2D eigenvalue weighted by Crippen LogP contribution is -2.44. The van der Waals surface area contributed by atoms with Gasteiger partial charge >= 0.3 is 5.97 Å². The third-order valence-electron chi connectivity index (χ3n) is 4.37. The lowest BCUT2D eigenvalue weighted by atomic mass is 9.86. The van der Waals surface area contributed by atoms with Gasteiger partial charge in [-0.1, -0.05) is 32.6 Å². The molecule has 5 heteroatoms. The Bertz CT molecular complexity index is 509. The van der Waals surface area contributed by atoms with Crippen LogP contribution in [0.5, 0.6) is 0 Å². The van der Waals surface area contributed by atoms with Gasteiger partial charge in [0.05, 0.1) is 17.7 Å². The minimum absolute atomic E-state index is 0.214. The highest BCUT2D eigenvalue weighted by molar-refractivity contribution is 5.95. The number of furan rings is 1. The third-order valence-corrected chi connectivity index (χ3v) is 4.37. The molecule has 2 rings (SSSR count). The van der Waals surface area contributed by atoms with Gasteiger partial charge in [-0.25, -0.2) is 0 Å². The summed E-state index contributed by atoms with van der Waals surface area (Å²) < 4.78 is 5.36. The SMILES string of the molecule is CCCc1occc1C(=O)NC1CCCCCCC1C(=O)O. The number of nitrogens with one attached hydrogen (secondary N) is 1. The monoisotopic (exact) mass is 307 g/mol. The largest absolute Gasteiger partial charge is 0.481 e. The molecule has 0 radical (unpaired) electrons. The van der Waals surface area contributed by atoms with Crippen LogP contribution in [0, 0.1) is 5.92 Å². The maximum absolute atomic E-state index is 12.5. The molecule has 0 saturated heterocycles. The quantitative estimate of drug-likeness (QED) is 0.874. The number of aryl methyl sites for hydroxylation is 1. The molecule has 1 fully saturated rings. The molecule has 2 atom stereocenters. The Balaban J connectivity index is 2.09. The van der Waals surface area contributed by atoms with Gasteiger partial charge in [-0.15, -0.1) is 0 Å². The average Bonchev–Trinajstić information content (AvgIpc) is 2.90. The van der Waals surface area contributed by atoms with Gasteiger partial charge in [-0.05, 0) is 25.3 Å². The lowest BCUT2D eigenvalue weighted by Gasteiger charge is -2.27. The van der Waals surface area contributed by atoms with Crippen LogP contribution in [0.25, 0.3) is 0 Å². The second-order valence-electron chi connectivity index (χ2n) is 6.02. The summed E-state index contributed by atoms with van der Waals surface area (Å²) in [6.07, 6.45) is 8.54. The Morgan fingerprint density at radius 2 is 2.00 bits per heavy atom. The summed E-state index contributed by atoms with van der Waals surface area (Å²) >= 11 is 0. The number of carboxylic acids is 1. The molecule has 1 saturated carbocycles. The maximum atomic E-state index is 12.5. The van der Waals surface area contributed by atoms with Crippen molar-refractivity contribution in [1.29, 1.82) is 0 Å². The number of aliphatic carboxylic acids is 1. The van der Waals surface area contributed by atoms with Crippen molar-refractivity contribution in [2.75, 3.05) is 0 Å². The van der Waals surface area contributed by atoms with E-state index in [2.05, 4.69) is 5.32 Å². The molecule has 1 aliphatic carbocycles. The van der Waals surface area contributed by atoms with Gasteiger partial charge in [-0.2, -0.15) is 0 Å². The summed E-state index contributed by atoms with van der Waals surface area (Å²) in [5, 5.41) is 12.4.